The first-order valence-electron chi connectivity index (χ1n) is 5.77. The summed E-state index contributed by atoms with van der Waals surface area (Å²) in [6.07, 6.45) is 3.08. The van der Waals surface area contributed by atoms with Crippen molar-refractivity contribution < 1.29 is 5.11 Å². The third-order valence-corrected chi connectivity index (χ3v) is 5.13. The fourth-order valence-electron chi connectivity index (χ4n) is 2.43. The number of aliphatic hydroxyl groups excluding tert-OH is 1. The van der Waals surface area contributed by atoms with Gasteiger partial charge >= 0.3 is 0 Å². The van der Waals surface area contributed by atoms with Gasteiger partial charge in [-0.3, -0.25) is 0 Å². The lowest BCUT2D eigenvalue weighted by Crippen LogP contribution is -2.00. The third kappa shape index (κ3) is 2.07. The number of halogens is 1. The van der Waals surface area contributed by atoms with Crippen molar-refractivity contribution in [1.82, 2.24) is 0 Å². The molecule has 88 valence electrons. The lowest BCUT2D eigenvalue weighted by atomic mass is 10.00. The molecule has 1 atom stereocenters. The van der Waals surface area contributed by atoms with Gasteiger partial charge < -0.3 is 5.11 Å². The van der Waals surface area contributed by atoms with Crippen molar-refractivity contribution in [1.29, 1.82) is 0 Å². The van der Waals surface area contributed by atoms with Crippen molar-refractivity contribution in [3.63, 3.8) is 0 Å². The molecule has 2 aromatic rings. The van der Waals surface area contributed by atoms with Gasteiger partial charge in [0.1, 0.15) is 6.10 Å². The summed E-state index contributed by atoms with van der Waals surface area (Å²) < 4.78 is 0.996. The van der Waals surface area contributed by atoms with E-state index in [1.165, 1.54) is 24.0 Å². The monoisotopic (exact) mass is 308 g/mol. The minimum Gasteiger partial charge on any atom is -0.384 e. The first-order valence-corrected chi connectivity index (χ1v) is 7.50. The Labute approximate surface area is 113 Å². The number of hydrogen-bond acceptors (Lipinski definition) is 2. The van der Waals surface area contributed by atoms with Crippen LogP contribution in [0.1, 0.15) is 34.8 Å². The molecule has 0 saturated carbocycles. The number of rotatable bonds is 2. The number of hydrogen-bond donors (Lipinski definition) is 1. The summed E-state index contributed by atoms with van der Waals surface area (Å²) >= 11 is 5.08. The van der Waals surface area contributed by atoms with Crippen molar-refractivity contribution in [2.75, 3.05) is 0 Å². The molecule has 0 amide bonds. The number of aryl methyl sites for hydroxylation is 2. The molecule has 1 nitrogen and oxygen atoms in total. The summed E-state index contributed by atoms with van der Waals surface area (Å²) in [5.74, 6) is 0. The number of fused-ring (bicyclic) bond motifs is 1. The highest BCUT2D eigenvalue weighted by molar-refractivity contribution is 9.10. The molecule has 0 aliphatic heterocycles. The Morgan fingerprint density at radius 2 is 2.00 bits per heavy atom. The molecule has 1 aliphatic rings. The Hall–Kier alpha value is -0.640. The zero-order valence-corrected chi connectivity index (χ0v) is 11.7. The molecule has 1 aliphatic carbocycles. The first kappa shape index (κ1) is 11.5. The van der Waals surface area contributed by atoms with Crippen LogP contribution >= 0.6 is 27.3 Å². The molecule has 1 heterocycles. The molecule has 3 heteroatoms. The van der Waals surface area contributed by atoms with E-state index >= 15 is 0 Å². The molecule has 1 aromatic heterocycles. The second kappa shape index (κ2) is 4.56. The average molecular weight is 309 g/mol. The van der Waals surface area contributed by atoms with Crippen molar-refractivity contribution >= 4 is 27.3 Å². The summed E-state index contributed by atoms with van der Waals surface area (Å²) in [6.45, 7) is 0. The minimum absolute atomic E-state index is 0.512. The largest absolute Gasteiger partial charge is 0.384 e. The summed E-state index contributed by atoms with van der Waals surface area (Å²) in [4.78, 5) is 0. The van der Waals surface area contributed by atoms with Crippen LogP contribution in [0.3, 0.4) is 0 Å². The van der Waals surface area contributed by atoms with E-state index < -0.39 is 6.10 Å². The summed E-state index contributed by atoms with van der Waals surface area (Å²) in [5, 5.41) is 14.4. The van der Waals surface area contributed by atoms with Crippen LogP contribution < -0.4 is 0 Å². The van der Waals surface area contributed by atoms with Crippen LogP contribution in [-0.2, 0) is 12.8 Å². The molecule has 0 radical (unpaired) electrons. The summed E-state index contributed by atoms with van der Waals surface area (Å²) in [5.41, 5.74) is 4.83. The van der Waals surface area contributed by atoms with Crippen LogP contribution in [0.4, 0.5) is 0 Å². The van der Waals surface area contributed by atoms with Crippen molar-refractivity contribution in [2.45, 2.75) is 25.4 Å². The lowest BCUT2D eigenvalue weighted by molar-refractivity contribution is 0.220. The first-order chi connectivity index (χ1) is 8.25. The van der Waals surface area contributed by atoms with Gasteiger partial charge in [-0.05, 0) is 57.3 Å². The number of thiophene rings is 1. The Balaban J connectivity index is 1.97. The molecule has 0 saturated heterocycles. The minimum atomic E-state index is -0.512. The normalized spacial score (nSPS) is 15.9. The molecule has 0 spiro atoms. The topological polar surface area (TPSA) is 20.2 Å². The van der Waals surface area contributed by atoms with E-state index in [1.807, 2.05) is 10.8 Å². The van der Waals surface area contributed by atoms with Crippen molar-refractivity contribution in [3.05, 3.63) is 55.7 Å². The summed E-state index contributed by atoms with van der Waals surface area (Å²) in [7, 11) is 0. The van der Waals surface area contributed by atoms with Gasteiger partial charge in [-0.15, -0.1) is 0 Å². The van der Waals surface area contributed by atoms with Crippen LogP contribution in [0.2, 0.25) is 0 Å². The molecular formula is C14H13BrOS. The Morgan fingerprint density at radius 1 is 1.18 bits per heavy atom. The number of benzene rings is 1. The van der Waals surface area contributed by atoms with Crippen LogP contribution in [0.15, 0.2) is 33.4 Å². The number of aliphatic hydroxyl groups is 1. The van der Waals surface area contributed by atoms with E-state index in [9.17, 15) is 5.11 Å². The Bertz CT molecular complexity index is 547. The second-order valence-electron chi connectivity index (χ2n) is 4.46. The Kier molecular flexibility index (Phi) is 3.07. The highest BCUT2D eigenvalue weighted by Gasteiger charge is 2.17. The lowest BCUT2D eigenvalue weighted by Gasteiger charge is -2.12. The molecular weight excluding hydrogens is 296 g/mol. The van der Waals surface area contributed by atoms with E-state index in [-0.39, 0.29) is 0 Å². The predicted molar refractivity (Wildman–Crippen MR) is 74.5 cm³/mol. The fraction of sp³-hybridized carbons (Fsp3) is 0.286. The smallest absolute Gasteiger partial charge is 0.106 e. The molecule has 17 heavy (non-hydrogen) atoms. The van der Waals surface area contributed by atoms with Crippen molar-refractivity contribution in [3.8, 4) is 0 Å². The predicted octanol–water partition coefficient (Wildman–Crippen LogP) is 4.08. The van der Waals surface area contributed by atoms with Crippen LogP contribution in [0.25, 0.3) is 0 Å². The fourth-order valence-corrected chi connectivity index (χ4v) is 3.96. The Morgan fingerprint density at radius 3 is 2.76 bits per heavy atom. The van der Waals surface area contributed by atoms with Crippen LogP contribution in [-0.4, -0.2) is 5.11 Å². The SMILES string of the molecule is OC(c1ccc2c(c1)CCC2)c1cscc1Br. The maximum atomic E-state index is 10.4. The molecule has 0 fully saturated rings. The van der Waals surface area contributed by atoms with Crippen molar-refractivity contribution in [2.24, 2.45) is 0 Å². The highest BCUT2D eigenvalue weighted by Crippen LogP contribution is 2.33. The van der Waals surface area contributed by atoms with E-state index in [0.29, 0.717) is 0 Å². The van der Waals surface area contributed by atoms with Crippen LogP contribution in [0.5, 0.6) is 0 Å². The van der Waals surface area contributed by atoms with Gasteiger partial charge in [0.05, 0.1) is 0 Å². The molecule has 3 rings (SSSR count). The van der Waals surface area contributed by atoms with E-state index in [4.69, 9.17) is 0 Å². The van der Waals surface area contributed by atoms with Gasteiger partial charge in [-0.2, -0.15) is 11.3 Å². The van der Waals surface area contributed by atoms with Gasteiger partial charge in [0, 0.05) is 15.4 Å². The maximum Gasteiger partial charge on any atom is 0.106 e. The standard InChI is InChI=1S/C14H13BrOS/c15-13-8-17-7-12(13)14(16)11-5-4-9-2-1-3-10(9)6-11/h4-8,14,16H,1-3H2. The maximum absolute atomic E-state index is 10.4. The van der Waals surface area contributed by atoms with Gasteiger partial charge in [-0.25, -0.2) is 0 Å². The summed E-state index contributed by atoms with van der Waals surface area (Å²) in [6, 6.07) is 6.39. The van der Waals surface area contributed by atoms with Gasteiger partial charge in [0.2, 0.25) is 0 Å². The molecule has 1 unspecified atom stereocenters. The molecule has 1 aromatic carbocycles. The average Bonchev–Trinajstić information content (AvgIpc) is 2.95. The van der Waals surface area contributed by atoms with Crippen LogP contribution in [0, 0.1) is 0 Å². The quantitative estimate of drug-likeness (QED) is 0.886. The molecule has 1 N–H and O–H groups in total. The third-order valence-electron chi connectivity index (χ3n) is 3.38. The highest BCUT2D eigenvalue weighted by atomic mass is 79.9. The van der Waals surface area contributed by atoms with Gasteiger partial charge in [-0.1, -0.05) is 18.2 Å². The van der Waals surface area contributed by atoms with Gasteiger partial charge in [0.15, 0.2) is 0 Å². The van der Waals surface area contributed by atoms with E-state index in [2.05, 4.69) is 34.1 Å². The molecule has 0 bridgehead atoms. The van der Waals surface area contributed by atoms with E-state index in [0.717, 1.165) is 22.0 Å². The second-order valence-corrected chi connectivity index (χ2v) is 6.06. The zero-order valence-electron chi connectivity index (χ0n) is 9.32. The van der Waals surface area contributed by atoms with E-state index in [1.54, 1.807) is 11.3 Å². The zero-order chi connectivity index (χ0) is 11.8. The van der Waals surface area contributed by atoms with Gasteiger partial charge in [0.25, 0.3) is 0 Å².